The smallest absolute Gasteiger partial charge is 0.337 e. The molecule has 0 atom stereocenters. The van der Waals surface area contributed by atoms with Gasteiger partial charge in [0.1, 0.15) is 0 Å². The fraction of sp³-hybridized carbons (Fsp3) is 0.310. The number of fused-ring (bicyclic) bond motifs is 1. The Labute approximate surface area is 206 Å². The topological polar surface area (TPSA) is 55.4 Å². The number of hydrogen-bond acceptors (Lipinski definition) is 4. The number of rotatable bonds is 5. The van der Waals surface area contributed by atoms with Gasteiger partial charge in [0.05, 0.1) is 18.4 Å². The van der Waals surface area contributed by atoms with E-state index in [9.17, 15) is 9.59 Å². The molecule has 0 saturated heterocycles. The van der Waals surface area contributed by atoms with Gasteiger partial charge in [0.15, 0.2) is 0 Å². The van der Waals surface area contributed by atoms with E-state index in [1.54, 1.807) is 36.0 Å². The van der Waals surface area contributed by atoms with Crippen LogP contribution in [0.5, 0.6) is 0 Å². The van der Waals surface area contributed by atoms with Gasteiger partial charge in [-0.05, 0) is 83.3 Å². The van der Waals surface area contributed by atoms with Crippen molar-refractivity contribution in [3.05, 3.63) is 89.0 Å². The van der Waals surface area contributed by atoms with E-state index in [2.05, 4.69) is 51.2 Å². The lowest BCUT2D eigenvalue weighted by atomic mass is 9.63. The normalized spacial score (nSPS) is 15.8. The second kappa shape index (κ2) is 9.30. The van der Waals surface area contributed by atoms with Gasteiger partial charge in [-0.1, -0.05) is 57.7 Å². The molecule has 34 heavy (non-hydrogen) atoms. The van der Waals surface area contributed by atoms with Crippen LogP contribution in [0.15, 0.2) is 76.5 Å². The third kappa shape index (κ3) is 4.90. The number of methoxy groups -OCH3 is 1. The van der Waals surface area contributed by atoms with Gasteiger partial charge in [-0.2, -0.15) is 0 Å². The largest absolute Gasteiger partial charge is 0.465 e. The third-order valence-electron chi connectivity index (χ3n) is 6.76. The SMILES string of the molecule is COC(=O)c1ccc(C(=O)Nc2ccccc2Sc2ccc3c(c2)C(C)(C)CCC3(C)C)cc1. The lowest BCUT2D eigenvalue weighted by molar-refractivity contribution is 0.0600. The van der Waals surface area contributed by atoms with E-state index < -0.39 is 5.97 Å². The van der Waals surface area contributed by atoms with Crippen LogP contribution in [0.4, 0.5) is 5.69 Å². The monoisotopic (exact) mass is 473 g/mol. The molecule has 5 heteroatoms. The lowest BCUT2D eigenvalue weighted by Crippen LogP contribution is -2.33. The molecule has 0 bridgehead atoms. The van der Waals surface area contributed by atoms with Crippen LogP contribution in [0.25, 0.3) is 0 Å². The number of para-hydroxylation sites is 1. The number of ether oxygens (including phenoxy) is 1. The van der Waals surface area contributed by atoms with Crippen LogP contribution < -0.4 is 5.32 Å². The van der Waals surface area contributed by atoms with E-state index in [4.69, 9.17) is 4.74 Å². The minimum atomic E-state index is -0.426. The quantitative estimate of drug-likeness (QED) is 0.397. The molecule has 3 aromatic carbocycles. The number of esters is 1. The number of amides is 1. The number of nitrogens with one attached hydrogen (secondary N) is 1. The Morgan fingerprint density at radius 3 is 2.12 bits per heavy atom. The molecule has 0 fully saturated rings. The maximum atomic E-state index is 12.9. The van der Waals surface area contributed by atoms with Gasteiger partial charge in [0.2, 0.25) is 0 Å². The van der Waals surface area contributed by atoms with E-state index in [1.807, 2.05) is 24.3 Å². The van der Waals surface area contributed by atoms with Gasteiger partial charge in [-0.3, -0.25) is 4.79 Å². The fourth-order valence-corrected chi connectivity index (χ4v) is 5.43. The number of benzene rings is 3. The Morgan fingerprint density at radius 1 is 0.824 bits per heavy atom. The summed E-state index contributed by atoms with van der Waals surface area (Å²) in [5, 5.41) is 3.03. The molecule has 0 saturated carbocycles. The third-order valence-corrected chi connectivity index (χ3v) is 7.82. The molecule has 4 rings (SSSR count). The summed E-state index contributed by atoms with van der Waals surface area (Å²) >= 11 is 1.66. The first-order chi connectivity index (χ1) is 16.1. The number of anilines is 1. The van der Waals surface area contributed by atoms with Crippen LogP contribution in [0.2, 0.25) is 0 Å². The van der Waals surface area contributed by atoms with Gasteiger partial charge < -0.3 is 10.1 Å². The molecule has 0 heterocycles. The van der Waals surface area contributed by atoms with Crippen LogP contribution in [0, 0.1) is 0 Å². The van der Waals surface area contributed by atoms with Crippen molar-refractivity contribution < 1.29 is 14.3 Å². The summed E-state index contributed by atoms with van der Waals surface area (Å²) in [6.45, 7) is 9.32. The Kier molecular flexibility index (Phi) is 6.59. The highest BCUT2D eigenvalue weighted by atomic mass is 32.2. The number of carbonyl (C=O) groups is 2. The van der Waals surface area contributed by atoms with E-state index in [1.165, 1.54) is 31.1 Å². The summed E-state index contributed by atoms with van der Waals surface area (Å²) in [6, 6.07) is 21.1. The molecular formula is C29H31NO3S. The van der Waals surface area contributed by atoms with Crippen molar-refractivity contribution in [3.63, 3.8) is 0 Å². The first kappa shape index (κ1) is 24.1. The average Bonchev–Trinajstić information content (AvgIpc) is 2.83. The van der Waals surface area contributed by atoms with E-state index in [0.717, 1.165) is 15.5 Å². The zero-order chi connectivity index (χ0) is 24.5. The minimum absolute atomic E-state index is 0.144. The molecule has 0 aromatic heterocycles. The molecule has 1 amide bonds. The van der Waals surface area contributed by atoms with Crippen molar-refractivity contribution >= 4 is 29.3 Å². The summed E-state index contributed by atoms with van der Waals surface area (Å²) in [4.78, 5) is 26.7. The molecule has 0 aliphatic heterocycles. The zero-order valence-corrected chi connectivity index (χ0v) is 21.2. The molecule has 1 aliphatic carbocycles. The van der Waals surface area contributed by atoms with Gasteiger partial charge in [-0.15, -0.1) is 0 Å². The summed E-state index contributed by atoms with van der Waals surface area (Å²) in [6.07, 6.45) is 2.36. The Hall–Kier alpha value is -3.05. The number of carbonyl (C=O) groups excluding carboxylic acids is 2. The van der Waals surface area contributed by atoms with Crippen molar-refractivity contribution in [1.82, 2.24) is 0 Å². The van der Waals surface area contributed by atoms with Crippen molar-refractivity contribution in [1.29, 1.82) is 0 Å². The molecule has 176 valence electrons. The second-order valence-corrected chi connectivity index (χ2v) is 11.2. The fourth-order valence-electron chi connectivity index (χ4n) is 4.49. The van der Waals surface area contributed by atoms with Crippen LogP contribution in [0.1, 0.15) is 72.4 Å². The molecule has 0 spiro atoms. The van der Waals surface area contributed by atoms with Gasteiger partial charge >= 0.3 is 5.97 Å². The predicted octanol–water partition coefficient (Wildman–Crippen LogP) is 7.23. The van der Waals surface area contributed by atoms with E-state index >= 15 is 0 Å². The van der Waals surface area contributed by atoms with Crippen LogP contribution in [0.3, 0.4) is 0 Å². The lowest BCUT2D eigenvalue weighted by Gasteiger charge is -2.42. The minimum Gasteiger partial charge on any atom is -0.465 e. The van der Waals surface area contributed by atoms with Crippen LogP contribution in [-0.4, -0.2) is 19.0 Å². The van der Waals surface area contributed by atoms with Gasteiger partial charge in [0, 0.05) is 15.4 Å². The highest BCUT2D eigenvalue weighted by Crippen LogP contribution is 2.47. The summed E-state index contributed by atoms with van der Waals surface area (Å²) < 4.78 is 4.72. The standard InChI is InChI=1S/C29H31NO3S/c1-28(2)16-17-29(3,4)23-18-21(14-15-22(23)28)34-25-9-7-6-8-24(25)30-26(31)19-10-12-20(13-11-19)27(32)33-5/h6-15,18H,16-17H2,1-5H3,(H,30,31). The Bertz CT molecular complexity index is 1230. The van der Waals surface area contributed by atoms with Crippen molar-refractivity contribution in [2.24, 2.45) is 0 Å². The Balaban J connectivity index is 1.57. The van der Waals surface area contributed by atoms with E-state index in [0.29, 0.717) is 11.1 Å². The van der Waals surface area contributed by atoms with Gasteiger partial charge in [-0.25, -0.2) is 4.79 Å². The van der Waals surface area contributed by atoms with Crippen molar-refractivity contribution in [3.8, 4) is 0 Å². The molecule has 0 radical (unpaired) electrons. The van der Waals surface area contributed by atoms with Crippen LogP contribution in [-0.2, 0) is 15.6 Å². The maximum absolute atomic E-state index is 12.9. The van der Waals surface area contributed by atoms with Crippen molar-refractivity contribution in [2.45, 2.75) is 61.2 Å². The summed E-state index contributed by atoms with van der Waals surface area (Å²) in [7, 11) is 1.34. The van der Waals surface area contributed by atoms with Gasteiger partial charge in [0.25, 0.3) is 5.91 Å². The molecule has 1 N–H and O–H groups in total. The predicted molar refractivity (Wildman–Crippen MR) is 138 cm³/mol. The molecular weight excluding hydrogens is 442 g/mol. The first-order valence-electron chi connectivity index (χ1n) is 11.5. The van der Waals surface area contributed by atoms with Crippen molar-refractivity contribution in [2.75, 3.05) is 12.4 Å². The summed E-state index contributed by atoms with van der Waals surface area (Å²) in [5.41, 5.74) is 4.83. The van der Waals surface area contributed by atoms with Crippen LogP contribution >= 0.6 is 11.8 Å². The molecule has 4 nitrogen and oxygen atoms in total. The second-order valence-electron chi connectivity index (χ2n) is 10.1. The van der Waals surface area contributed by atoms with E-state index in [-0.39, 0.29) is 16.7 Å². The first-order valence-corrected chi connectivity index (χ1v) is 12.3. The summed E-state index contributed by atoms with van der Waals surface area (Å²) in [5.74, 6) is -0.650. The highest BCUT2D eigenvalue weighted by Gasteiger charge is 2.37. The zero-order valence-electron chi connectivity index (χ0n) is 20.4. The highest BCUT2D eigenvalue weighted by molar-refractivity contribution is 7.99. The molecule has 3 aromatic rings. The molecule has 1 aliphatic rings. The average molecular weight is 474 g/mol. The number of hydrogen-bond donors (Lipinski definition) is 1. The Morgan fingerprint density at radius 2 is 1.44 bits per heavy atom. The molecule has 0 unspecified atom stereocenters. The maximum Gasteiger partial charge on any atom is 0.337 e.